The number of hydroxylamine groups is 1. The van der Waals surface area contributed by atoms with Crippen LogP contribution >= 0.6 is 0 Å². The van der Waals surface area contributed by atoms with E-state index in [4.69, 9.17) is 15.3 Å². The number of benzene rings is 2. The Bertz CT molecular complexity index is 1100. The molecule has 1 aliphatic carbocycles. The first kappa shape index (κ1) is 27.9. The lowest BCUT2D eigenvalue weighted by Gasteiger charge is -2.31. The highest BCUT2D eigenvalue weighted by Gasteiger charge is 2.35. The van der Waals surface area contributed by atoms with Crippen molar-refractivity contribution in [1.82, 2.24) is 9.79 Å². The lowest BCUT2D eigenvalue weighted by Crippen LogP contribution is -2.51. The van der Waals surface area contributed by atoms with E-state index in [0.717, 1.165) is 35.7 Å². The third-order valence-corrected chi connectivity index (χ3v) is 7.41. The molecule has 10 heteroatoms. The molecule has 0 bridgehead atoms. The van der Waals surface area contributed by atoms with Gasteiger partial charge < -0.3 is 20.9 Å². The third kappa shape index (κ3) is 8.19. The zero-order valence-electron chi connectivity index (χ0n) is 21.1. The van der Waals surface area contributed by atoms with Gasteiger partial charge in [0.15, 0.2) is 0 Å². The molecule has 9 nitrogen and oxygen atoms in total. The van der Waals surface area contributed by atoms with Crippen molar-refractivity contribution in [3.05, 3.63) is 60.2 Å². The van der Waals surface area contributed by atoms with Crippen LogP contribution < -0.4 is 11.1 Å². The molecule has 3 rings (SSSR count). The van der Waals surface area contributed by atoms with Crippen LogP contribution in [0.25, 0.3) is 0 Å². The molecule has 1 aliphatic rings. The number of sulfonamides is 1. The van der Waals surface area contributed by atoms with Crippen molar-refractivity contribution in [1.29, 1.82) is 0 Å². The number of nitrogens with one attached hydrogen (secondary N) is 1. The molecule has 0 aliphatic heterocycles. The second kappa shape index (κ2) is 12.1. The number of rotatable bonds is 10. The molecule has 2 atom stereocenters. The number of carbonyl (C=O) groups is 1. The minimum atomic E-state index is -4.14. The molecule has 0 saturated heterocycles. The van der Waals surface area contributed by atoms with Crippen LogP contribution in [0.3, 0.4) is 0 Å². The molecule has 4 N–H and O–H groups in total. The van der Waals surface area contributed by atoms with Crippen LogP contribution in [-0.4, -0.2) is 54.5 Å². The Hall–Kier alpha value is -2.66. The minimum absolute atomic E-state index is 0.0348. The maximum Gasteiger partial charge on any atom is 0.407 e. The molecule has 0 heterocycles. The van der Waals surface area contributed by atoms with Crippen molar-refractivity contribution in [2.24, 2.45) is 0 Å². The number of aliphatic hydroxyl groups is 1. The number of aliphatic hydroxyl groups excluding tert-OH is 1. The number of anilines is 1. The molecule has 198 valence electrons. The number of ether oxygens (including phenoxy) is 1. The molecule has 2 aromatic rings. The van der Waals surface area contributed by atoms with Gasteiger partial charge in [-0.3, -0.25) is 4.84 Å². The Kier molecular flexibility index (Phi) is 9.35. The molecule has 0 radical (unpaired) electrons. The van der Waals surface area contributed by atoms with Crippen molar-refractivity contribution in [3.63, 3.8) is 0 Å². The van der Waals surface area contributed by atoms with E-state index in [-0.39, 0.29) is 24.0 Å². The average molecular weight is 520 g/mol. The van der Waals surface area contributed by atoms with E-state index in [9.17, 15) is 18.3 Å². The Labute approximate surface area is 213 Å². The molecule has 1 saturated carbocycles. The van der Waals surface area contributed by atoms with Gasteiger partial charge in [0.1, 0.15) is 5.60 Å². The maximum atomic E-state index is 13.5. The Balaban J connectivity index is 1.86. The summed E-state index contributed by atoms with van der Waals surface area (Å²) in [5.74, 6) is 0. The van der Waals surface area contributed by atoms with E-state index in [2.05, 4.69) is 5.32 Å². The SMILES string of the molecule is CC(C)(C)OC(=O)NC(Cc1ccccc1)C(O)CN(OC1CCCC1)S(=O)(=O)c1cccc(N)c1. The lowest BCUT2D eigenvalue weighted by molar-refractivity contribution is -0.145. The maximum absolute atomic E-state index is 13.5. The Morgan fingerprint density at radius 2 is 1.81 bits per heavy atom. The summed E-state index contributed by atoms with van der Waals surface area (Å²) < 4.78 is 33.3. The fourth-order valence-corrected chi connectivity index (χ4v) is 5.40. The summed E-state index contributed by atoms with van der Waals surface area (Å²) in [6.07, 6.45) is 1.31. The van der Waals surface area contributed by atoms with Gasteiger partial charge in [0.05, 0.1) is 29.7 Å². The number of amides is 1. The fourth-order valence-electron chi connectivity index (χ4n) is 4.04. The van der Waals surface area contributed by atoms with Crippen LogP contribution in [0, 0.1) is 0 Å². The number of nitrogens with two attached hydrogens (primary N) is 1. The molecule has 36 heavy (non-hydrogen) atoms. The van der Waals surface area contributed by atoms with E-state index < -0.39 is 33.9 Å². The van der Waals surface area contributed by atoms with Crippen LogP contribution in [0.1, 0.15) is 52.0 Å². The minimum Gasteiger partial charge on any atom is -0.444 e. The number of nitrogen functional groups attached to an aromatic ring is 1. The van der Waals surface area contributed by atoms with Gasteiger partial charge in [-0.25, -0.2) is 13.2 Å². The molecule has 1 fully saturated rings. The normalized spacial score (nSPS) is 16.6. The molecule has 0 spiro atoms. The fraction of sp³-hybridized carbons (Fsp3) is 0.500. The number of hydrogen-bond acceptors (Lipinski definition) is 7. The van der Waals surface area contributed by atoms with Crippen LogP contribution in [0.15, 0.2) is 59.5 Å². The third-order valence-electron chi connectivity index (χ3n) is 5.79. The monoisotopic (exact) mass is 519 g/mol. The molecule has 0 aromatic heterocycles. The lowest BCUT2D eigenvalue weighted by atomic mass is 10.0. The van der Waals surface area contributed by atoms with Crippen LogP contribution in [-0.2, 0) is 26.0 Å². The van der Waals surface area contributed by atoms with Gasteiger partial charge in [0.25, 0.3) is 10.0 Å². The van der Waals surface area contributed by atoms with Gasteiger partial charge in [-0.05, 0) is 63.8 Å². The highest BCUT2D eigenvalue weighted by Crippen LogP contribution is 2.26. The van der Waals surface area contributed by atoms with Crippen molar-refractivity contribution in [3.8, 4) is 0 Å². The van der Waals surface area contributed by atoms with Gasteiger partial charge in [0, 0.05) is 5.69 Å². The van der Waals surface area contributed by atoms with E-state index in [1.54, 1.807) is 32.9 Å². The quantitative estimate of drug-likeness (QED) is 0.323. The first-order valence-corrected chi connectivity index (χ1v) is 13.6. The standard InChI is InChI=1S/C26H37N3O6S/c1-26(2,3)34-25(31)28-23(16-19-10-5-4-6-11-19)24(30)18-29(35-21-13-7-8-14-21)36(32,33)22-15-9-12-20(27)17-22/h4-6,9-12,15,17,21,23-24,30H,7-8,13-14,16,18,27H2,1-3H3,(H,28,31). The smallest absolute Gasteiger partial charge is 0.407 e. The number of alkyl carbamates (subject to hydrolysis) is 1. The van der Waals surface area contributed by atoms with Gasteiger partial charge >= 0.3 is 6.09 Å². The van der Waals surface area contributed by atoms with Crippen molar-refractivity contribution >= 4 is 21.8 Å². The van der Waals surface area contributed by atoms with E-state index in [1.807, 2.05) is 30.3 Å². The summed E-state index contributed by atoms with van der Waals surface area (Å²) in [6, 6.07) is 14.4. The summed E-state index contributed by atoms with van der Waals surface area (Å²) in [7, 11) is -4.14. The first-order valence-electron chi connectivity index (χ1n) is 12.2. The first-order chi connectivity index (χ1) is 16.9. The zero-order valence-corrected chi connectivity index (χ0v) is 21.9. The van der Waals surface area contributed by atoms with E-state index in [0.29, 0.717) is 5.69 Å². The van der Waals surface area contributed by atoms with Crippen molar-refractivity contribution in [2.75, 3.05) is 12.3 Å². The summed E-state index contributed by atoms with van der Waals surface area (Å²) in [6.45, 7) is 4.83. The number of nitrogens with zero attached hydrogens (tertiary/aromatic N) is 1. The zero-order chi connectivity index (χ0) is 26.3. The van der Waals surface area contributed by atoms with Gasteiger partial charge in [-0.1, -0.05) is 53.7 Å². The van der Waals surface area contributed by atoms with E-state index in [1.165, 1.54) is 12.1 Å². The number of hydrogen-bond donors (Lipinski definition) is 3. The van der Waals surface area contributed by atoms with Gasteiger partial charge in [-0.2, -0.15) is 0 Å². The largest absolute Gasteiger partial charge is 0.444 e. The van der Waals surface area contributed by atoms with Gasteiger partial charge in [-0.15, -0.1) is 0 Å². The van der Waals surface area contributed by atoms with Crippen LogP contribution in [0.2, 0.25) is 0 Å². The van der Waals surface area contributed by atoms with Crippen molar-refractivity contribution in [2.45, 2.75) is 81.6 Å². The molecule has 2 aromatic carbocycles. The molecular weight excluding hydrogens is 482 g/mol. The number of carbonyl (C=O) groups excluding carboxylic acids is 1. The molecule has 1 amide bonds. The summed E-state index contributed by atoms with van der Waals surface area (Å²) in [4.78, 5) is 18.5. The molecule has 2 unspecified atom stereocenters. The predicted octanol–water partition coefficient (Wildman–Crippen LogP) is 3.63. The van der Waals surface area contributed by atoms with E-state index >= 15 is 0 Å². The van der Waals surface area contributed by atoms with Crippen LogP contribution in [0.5, 0.6) is 0 Å². The highest BCUT2D eigenvalue weighted by atomic mass is 32.2. The second-order valence-electron chi connectivity index (χ2n) is 10.1. The summed E-state index contributed by atoms with van der Waals surface area (Å²) in [5.41, 5.74) is 6.25. The second-order valence-corrected chi connectivity index (χ2v) is 11.9. The molecular formula is C26H37N3O6S. The topological polar surface area (TPSA) is 131 Å². The Morgan fingerprint density at radius 1 is 1.14 bits per heavy atom. The Morgan fingerprint density at radius 3 is 2.42 bits per heavy atom. The highest BCUT2D eigenvalue weighted by molar-refractivity contribution is 7.89. The average Bonchev–Trinajstić information content (AvgIpc) is 3.31. The van der Waals surface area contributed by atoms with Crippen LogP contribution in [0.4, 0.5) is 10.5 Å². The van der Waals surface area contributed by atoms with Crippen molar-refractivity contribution < 1.29 is 27.9 Å². The summed E-state index contributed by atoms with van der Waals surface area (Å²) >= 11 is 0. The predicted molar refractivity (Wildman–Crippen MR) is 137 cm³/mol. The van der Waals surface area contributed by atoms with Gasteiger partial charge in [0.2, 0.25) is 0 Å². The summed E-state index contributed by atoms with van der Waals surface area (Å²) in [5, 5.41) is 14.0.